The first kappa shape index (κ1) is 11.6. The molecular weight excluding hydrogens is 264 g/mol. The topological polar surface area (TPSA) is 82.5 Å². The lowest BCUT2D eigenvalue weighted by Crippen LogP contribution is -2.00. The van der Waals surface area contributed by atoms with Gasteiger partial charge in [0.15, 0.2) is 5.82 Å². The number of hydrogen-bond acceptors (Lipinski definition) is 5. The summed E-state index contributed by atoms with van der Waals surface area (Å²) in [5.41, 5.74) is 7.21. The molecule has 0 spiro atoms. The second kappa shape index (κ2) is 4.66. The molecule has 3 aromatic rings. The molecule has 0 aliphatic rings. The van der Waals surface area contributed by atoms with Crippen LogP contribution in [0.25, 0.3) is 17.3 Å². The number of halogens is 1. The molecule has 2 N–H and O–H groups in total. The van der Waals surface area contributed by atoms with Crippen molar-refractivity contribution in [3.63, 3.8) is 0 Å². The molecule has 0 atom stereocenters. The molecule has 2 heterocycles. The van der Waals surface area contributed by atoms with Crippen molar-refractivity contribution in [1.82, 2.24) is 24.7 Å². The molecule has 0 bridgehead atoms. The minimum atomic E-state index is 0.415. The second-order valence-electron chi connectivity index (χ2n) is 3.84. The summed E-state index contributed by atoms with van der Waals surface area (Å²) in [4.78, 5) is 12.3. The van der Waals surface area contributed by atoms with Crippen LogP contribution in [0.3, 0.4) is 0 Å². The van der Waals surface area contributed by atoms with Crippen LogP contribution in [-0.4, -0.2) is 24.7 Å². The Morgan fingerprint density at radius 1 is 1.00 bits per heavy atom. The zero-order chi connectivity index (χ0) is 13.2. The fourth-order valence-electron chi connectivity index (χ4n) is 1.55. The SMILES string of the molecule is Nc1ccc(-c2ncn(-c3ncc(Cl)cn3)n2)cc1. The molecule has 0 aliphatic heterocycles. The average Bonchev–Trinajstić information content (AvgIpc) is 2.90. The van der Waals surface area contributed by atoms with Crippen molar-refractivity contribution in [2.75, 3.05) is 5.73 Å². The Morgan fingerprint density at radius 3 is 2.37 bits per heavy atom. The fraction of sp³-hybridized carbons (Fsp3) is 0. The van der Waals surface area contributed by atoms with E-state index in [2.05, 4.69) is 20.1 Å². The maximum Gasteiger partial charge on any atom is 0.252 e. The zero-order valence-electron chi connectivity index (χ0n) is 9.73. The summed E-state index contributed by atoms with van der Waals surface area (Å²) in [6.07, 6.45) is 4.57. The molecule has 6 nitrogen and oxygen atoms in total. The van der Waals surface area contributed by atoms with Crippen molar-refractivity contribution in [2.45, 2.75) is 0 Å². The molecule has 0 amide bonds. The first-order valence-corrected chi connectivity index (χ1v) is 5.86. The Bertz CT molecular complexity index is 629. The third kappa shape index (κ3) is 2.38. The highest BCUT2D eigenvalue weighted by Crippen LogP contribution is 2.16. The monoisotopic (exact) mass is 272 g/mol. The van der Waals surface area contributed by atoms with E-state index in [9.17, 15) is 0 Å². The predicted octanol–water partition coefficient (Wildman–Crippen LogP) is 1.96. The van der Waals surface area contributed by atoms with Crippen molar-refractivity contribution in [2.24, 2.45) is 0 Å². The molecule has 19 heavy (non-hydrogen) atoms. The second-order valence-corrected chi connectivity index (χ2v) is 4.27. The number of nitrogens with two attached hydrogens (primary N) is 1. The summed E-state index contributed by atoms with van der Waals surface area (Å²) in [6.45, 7) is 0. The first-order valence-electron chi connectivity index (χ1n) is 5.48. The quantitative estimate of drug-likeness (QED) is 0.721. The number of nitrogens with zero attached hydrogens (tertiary/aromatic N) is 5. The minimum Gasteiger partial charge on any atom is -0.399 e. The normalized spacial score (nSPS) is 10.6. The number of rotatable bonds is 2. The smallest absolute Gasteiger partial charge is 0.252 e. The van der Waals surface area contributed by atoms with E-state index in [0.717, 1.165) is 5.56 Å². The molecule has 1 aromatic carbocycles. The van der Waals surface area contributed by atoms with Crippen LogP contribution < -0.4 is 5.73 Å². The zero-order valence-corrected chi connectivity index (χ0v) is 10.5. The van der Waals surface area contributed by atoms with Crippen molar-refractivity contribution >= 4 is 17.3 Å². The van der Waals surface area contributed by atoms with Gasteiger partial charge >= 0.3 is 0 Å². The maximum atomic E-state index is 5.73. The van der Waals surface area contributed by atoms with Crippen molar-refractivity contribution in [1.29, 1.82) is 0 Å². The Morgan fingerprint density at radius 2 is 1.68 bits per heavy atom. The third-order valence-corrected chi connectivity index (χ3v) is 2.67. The molecule has 0 fully saturated rings. The molecule has 2 aromatic heterocycles. The summed E-state index contributed by atoms with van der Waals surface area (Å²) in [7, 11) is 0. The van der Waals surface area contributed by atoms with Crippen LogP contribution in [0.4, 0.5) is 5.69 Å². The molecule has 0 radical (unpaired) electrons. The van der Waals surface area contributed by atoms with Crippen LogP contribution >= 0.6 is 11.6 Å². The fourth-order valence-corrected chi connectivity index (χ4v) is 1.65. The Labute approximate surface area is 113 Å². The van der Waals surface area contributed by atoms with Gasteiger partial charge in [-0.25, -0.2) is 15.0 Å². The summed E-state index contributed by atoms with van der Waals surface area (Å²) in [5, 5.41) is 4.78. The van der Waals surface area contributed by atoms with E-state index < -0.39 is 0 Å². The van der Waals surface area contributed by atoms with Gasteiger partial charge < -0.3 is 5.73 Å². The van der Waals surface area contributed by atoms with Crippen LogP contribution in [0.2, 0.25) is 5.02 Å². The molecule has 94 valence electrons. The van der Waals surface area contributed by atoms with Gasteiger partial charge in [0.2, 0.25) is 0 Å². The summed E-state index contributed by atoms with van der Waals surface area (Å²) < 4.78 is 1.49. The minimum absolute atomic E-state index is 0.415. The molecule has 7 heteroatoms. The average molecular weight is 273 g/mol. The Balaban J connectivity index is 1.95. The number of benzene rings is 1. The van der Waals surface area contributed by atoms with E-state index in [1.54, 1.807) is 18.5 Å². The van der Waals surface area contributed by atoms with Gasteiger partial charge in [-0.2, -0.15) is 4.68 Å². The van der Waals surface area contributed by atoms with Gasteiger partial charge in [-0.05, 0) is 24.3 Å². The van der Waals surface area contributed by atoms with E-state index in [4.69, 9.17) is 17.3 Å². The highest BCUT2D eigenvalue weighted by atomic mass is 35.5. The lowest BCUT2D eigenvalue weighted by atomic mass is 10.2. The first-order chi connectivity index (χ1) is 9.22. The van der Waals surface area contributed by atoms with Gasteiger partial charge in [-0.1, -0.05) is 11.6 Å². The summed E-state index contributed by atoms with van der Waals surface area (Å²) in [5.74, 6) is 0.997. The van der Waals surface area contributed by atoms with Crippen LogP contribution in [0.15, 0.2) is 43.0 Å². The van der Waals surface area contributed by atoms with Crippen molar-refractivity contribution < 1.29 is 0 Å². The van der Waals surface area contributed by atoms with Gasteiger partial charge in [0.25, 0.3) is 5.95 Å². The lowest BCUT2D eigenvalue weighted by molar-refractivity contribution is 0.809. The predicted molar refractivity (Wildman–Crippen MR) is 71.8 cm³/mol. The lowest BCUT2D eigenvalue weighted by Gasteiger charge is -1.98. The standard InChI is InChI=1S/C12H9ClN6/c13-9-5-15-12(16-6-9)19-7-17-11(18-19)8-1-3-10(14)4-2-8/h1-7H,14H2. The number of aromatic nitrogens is 5. The van der Waals surface area contributed by atoms with Gasteiger partial charge in [-0.3, -0.25) is 0 Å². The number of nitrogen functional groups attached to an aromatic ring is 1. The number of anilines is 1. The van der Waals surface area contributed by atoms with Gasteiger partial charge in [0.05, 0.1) is 17.4 Å². The van der Waals surface area contributed by atoms with Gasteiger partial charge in [-0.15, -0.1) is 5.10 Å². The largest absolute Gasteiger partial charge is 0.399 e. The van der Waals surface area contributed by atoms with E-state index in [1.807, 2.05) is 12.1 Å². The van der Waals surface area contributed by atoms with Gasteiger partial charge in [0, 0.05) is 11.3 Å². The highest BCUT2D eigenvalue weighted by molar-refractivity contribution is 6.30. The van der Waals surface area contributed by atoms with E-state index in [1.165, 1.54) is 17.1 Å². The molecular formula is C12H9ClN6. The molecule has 0 aliphatic carbocycles. The molecule has 0 saturated heterocycles. The van der Waals surface area contributed by atoms with Crippen LogP contribution in [0.1, 0.15) is 0 Å². The maximum absolute atomic E-state index is 5.73. The Hall–Kier alpha value is -2.47. The van der Waals surface area contributed by atoms with Crippen LogP contribution in [0, 0.1) is 0 Å². The Kier molecular flexibility index (Phi) is 2.85. The van der Waals surface area contributed by atoms with Crippen molar-refractivity contribution in [3.8, 4) is 17.3 Å². The van der Waals surface area contributed by atoms with E-state index >= 15 is 0 Å². The molecule has 0 saturated carbocycles. The van der Waals surface area contributed by atoms with Crippen molar-refractivity contribution in [3.05, 3.63) is 48.0 Å². The third-order valence-electron chi connectivity index (χ3n) is 2.47. The van der Waals surface area contributed by atoms with E-state index in [-0.39, 0.29) is 0 Å². The van der Waals surface area contributed by atoms with Crippen LogP contribution in [-0.2, 0) is 0 Å². The van der Waals surface area contributed by atoms with Gasteiger partial charge in [0.1, 0.15) is 6.33 Å². The number of hydrogen-bond donors (Lipinski definition) is 1. The molecule has 3 rings (SSSR count). The highest BCUT2D eigenvalue weighted by Gasteiger charge is 2.07. The summed E-state index contributed by atoms with van der Waals surface area (Å²) >= 11 is 5.73. The molecule has 0 unspecified atom stereocenters. The summed E-state index contributed by atoms with van der Waals surface area (Å²) in [6, 6.07) is 7.32. The van der Waals surface area contributed by atoms with E-state index in [0.29, 0.717) is 22.5 Å². The van der Waals surface area contributed by atoms with Crippen LogP contribution in [0.5, 0.6) is 0 Å².